The molecule has 0 saturated heterocycles. The minimum atomic E-state index is 0.429. The van der Waals surface area contributed by atoms with Crippen LogP contribution in [0.1, 0.15) is 49.7 Å². The second-order valence-corrected chi connectivity index (χ2v) is 7.93. The zero-order valence-corrected chi connectivity index (χ0v) is 13.8. The summed E-state index contributed by atoms with van der Waals surface area (Å²) >= 11 is 3.61. The summed E-state index contributed by atoms with van der Waals surface area (Å²) in [4.78, 5) is 0. The third-order valence-electron chi connectivity index (χ3n) is 6.03. The fourth-order valence-corrected chi connectivity index (χ4v) is 6.04. The van der Waals surface area contributed by atoms with E-state index in [1.807, 2.05) is 7.11 Å². The maximum Gasteiger partial charge on any atom is 0.122 e. The largest absolute Gasteiger partial charge is 0.496 e. The molecule has 0 radical (unpaired) electrons. The summed E-state index contributed by atoms with van der Waals surface area (Å²) in [5, 5.41) is 0.941. The highest BCUT2D eigenvalue weighted by molar-refractivity contribution is 9.08. The second-order valence-electron chi connectivity index (χ2n) is 7.37. The lowest BCUT2D eigenvalue weighted by molar-refractivity contribution is -0.00618. The molecule has 0 spiro atoms. The number of halogens is 1. The van der Waals surface area contributed by atoms with Gasteiger partial charge in [0.15, 0.2) is 0 Å². The Kier molecular flexibility index (Phi) is 3.14. The molecule has 4 bridgehead atoms. The van der Waals surface area contributed by atoms with Gasteiger partial charge in [-0.05, 0) is 73.3 Å². The minimum Gasteiger partial charge on any atom is -0.496 e. The number of alkyl halides is 1. The molecule has 4 saturated carbocycles. The predicted molar refractivity (Wildman–Crippen MR) is 85.5 cm³/mol. The Morgan fingerprint density at radius 1 is 1.10 bits per heavy atom. The van der Waals surface area contributed by atoms with Crippen molar-refractivity contribution in [3.63, 3.8) is 0 Å². The Bertz CT molecular complexity index is 487. The van der Waals surface area contributed by atoms with Crippen LogP contribution in [0.4, 0.5) is 0 Å². The van der Waals surface area contributed by atoms with Crippen LogP contribution in [0.5, 0.6) is 5.75 Å². The molecule has 0 aromatic heterocycles. The van der Waals surface area contributed by atoms with Gasteiger partial charge in [-0.1, -0.05) is 28.1 Å². The summed E-state index contributed by atoms with van der Waals surface area (Å²) in [5.41, 5.74) is 3.32. The quantitative estimate of drug-likeness (QED) is 0.702. The first-order chi connectivity index (χ1) is 9.72. The molecule has 1 nitrogen and oxygen atoms in total. The number of ether oxygens (including phenoxy) is 1. The van der Waals surface area contributed by atoms with Gasteiger partial charge >= 0.3 is 0 Å². The Labute approximate surface area is 130 Å². The maximum absolute atomic E-state index is 5.72. The van der Waals surface area contributed by atoms with Crippen molar-refractivity contribution < 1.29 is 4.74 Å². The monoisotopic (exact) mass is 334 g/mol. The lowest BCUT2D eigenvalue weighted by Gasteiger charge is -2.57. The first-order valence-corrected chi connectivity index (χ1v) is 9.08. The Hall–Kier alpha value is -0.500. The van der Waals surface area contributed by atoms with Crippen molar-refractivity contribution in [1.82, 2.24) is 0 Å². The second kappa shape index (κ2) is 4.76. The Morgan fingerprint density at radius 3 is 2.20 bits per heavy atom. The summed E-state index contributed by atoms with van der Waals surface area (Å²) in [6.45, 7) is 0. The van der Waals surface area contributed by atoms with Crippen LogP contribution in [0.3, 0.4) is 0 Å². The predicted octanol–water partition coefficient (Wildman–Crippen LogP) is 5.06. The highest BCUT2D eigenvalue weighted by Crippen LogP contribution is 2.61. The molecule has 0 aliphatic heterocycles. The van der Waals surface area contributed by atoms with E-state index in [1.165, 1.54) is 49.7 Å². The van der Waals surface area contributed by atoms with Crippen molar-refractivity contribution >= 4 is 15.9 Å². The van der Waals surface area contributed by atoms with E-state index in [2.05, 4.69) is 34.1 Å². The van der Waals surface area contributed by atoms with Gasteiger partial charge in [-0.15, -0.1) is 0 Å². The van der Waals surface area contributed by atoms with E-state index in [0.29, 0.717) is 5.41 Å². The summed E-state index contributed by atoms with van der Waals surface area (Å²) in [7, 11) is 1.83. The fraction of sp³-hybridized carbons (Fsp3) is 0.667. The number of rotatable bonds is 3. The molecule has 0 heterocycles. The van der Waals surface area contributed by atoms with Gasteiger partial charge in [-0.25, -0.2) is 0 Å². The van der Waals surface area contributed by atoms with E-state index in [9.17, 15) is 0 Å². The molecule has 0 unspecified atom stereocenters. The van der Waals surface area contributed by atoms with Crippen LogP contribution < -0.4 is 4.74 Å². The van der Waals surface area contributed by atoms with Crippen molar-refractivity contribution in [3.8, 4) is 5.75 Å². The van der Waals surface area contributed by atoms with Gasteiger partial charge in [-0.2, -0.15) is 0 Å². The molecule has 2 heteroatoms. The van der Waals surface area contributed by atoms with Gasteiger partial charge in [0, 0.05) is 10.9 Å². The molecule has 4 aliphatic rings. The fourth-order valence-electron chi connectivity index (χ4n) is 5.69. The van der Waals surface area contributed by atoms with Gasteiger partial charge in [0.25, 0.3) is 0 Å². The topological polar surface area (TPSA) is 9.23 Å². The van der Waals surface area contributed by atoms with Crippen LogP contribution in [-0.4, -0.2) is 7.11 Å². The van der Waals surface area contributed by atoms with Crippen LogP contribution in [0.15, 0.2) is 18.2 Å². The van der Waals surface area contributed by atoms with Gasteiger partial charge in [0.05, 0.1) is 7.11 Å². The van der Waals surface area contributed by atoms with Crippen molar-refractivity contribution in [2.45, 2.75) is 49.3 Å². The molecule has 5 rings (SSSR count). The number of hydrogen-bond donors (Lipinski definition) is 0. The summed E-state index contributed by atoms with van der Waals surface area (Å²) < 4.78 is 5.72. The lowest BCUT2D eigenvalue weighted by Crippen LogP contribution is -2.48. The lowest BCUT2D eigenvalue weighted by atomic mass is 9.48. The molecule has 4 fully saturated rings. The molecule has 0 atom stereocenters. The third-order valence-corrected chi connectivity index (χ3v) is 6.68. The summed E-state index contributed by atoms with van der Waals surface area (Å²) in [5.74, 6) is 4.08. The minimum absolute atomic E-state index is 0.429. The van der Waals surface area contributed by atoms with E-state index in [1.54, 1.807) is 0 Å². The smallest absolute Gasteiger partial charge is 0.122 e. The van der Waals surface area contributed by atoms with Crippen LogP contribution in [0.25, 0.3) is 0 Å². The van der Waals surface area contributed by atoms with E-state index >= 15 is 0 Å². The van der Waals surface area contributed by atoms with Gasteiger partial charge < -0.3 is 4.74 Å². The first kappa shape index (κ1) is 13.2. The normalized spacial score (nSPS) is 38.2. The van der Waals surface area contributed by atoms with E-state index in [0.717, 1.165) is 28.8 Å². The summed E-state index contributed by atoms with van der Waals surface area (Å²) in [6, 6.07) is 6.79. The van der Waals surface area contributed by atoms with Crippen molar-refractivity contribution in [3.05, 3.63) is 29.3 Å². The highest BCUT2D eigenvalue weighted by atomic mass is 79.9. The van der Waals surface area contributed by atoms with Crippen LogP contribution in [0, 0.1) is 17.8 Å². The number of hydrogen-bond acceptors (Lipinski definition) is 1. The number of benzene rings is 1. The molecular weight excluding hydrogens is 312 g/mol. The van der Waals surface area contributed by atoms with E-state index in [4.69, 9.17) is 4.74 Å². The molecule has 1 aromatic carbocycles. The van der Waals surface area contributed by atoms with Crippen LogP contribution >= 0.6 is 15.9 Å². The van der Waals surface area contributed by atoms with Gasteiger partial charge in [0.2, 0.25) is 0 Å². The maximum atomic E-state index is 5.72. The SMILES string of the molecule is COc1ccc(CBr)cc1C12CC3CC(CC(C3)C1)C2. The third kappa shape index (κ3) is 1.94. The summed E-state index contributed by atoms with van der Waals surface area (Å²) in [6.07, 6.45) is 8.71. The molecule has 0 N–H and O–H groups in total. The Balaban J connectivity index is 1.79. The van der Waals surface area contributed by atoms with Gasteiger partial charge in [0.1, 0.15) is 5.75 Å². The van der Waals surface area contributed by atoms with Gasteiger partial charge in [-0.3, -0.25) is 0 Å². The zero-order chi connectivity index (χ0) is 13.7. The highest BCUT2D eigenvalue weighted by Gasteiger charge is 2.52. The number of methoxy groups -OCH3 is 1. The van der Waals surface area contributed by atoms with Crippen molar-refractivity contribution in [2.24, 2.45) is 17.8 Å². The van der Waals surface area contributed by atoms with Crippen molar-refractivity contribution in [1.29, 1.82) is 0 Å². The van der Waals surface area contributed by atoms with Crippen LogP contribution in [-0.2, 0) is 10.7 Å². The molecule has 4 aliphatic carbocycles. The molecule has 20 heavy (non-hydrogen) atoms. The Morgan fingerprint density at radius 2 is 1.70 bits per heavy atom. The molecule has 108 valence electrons. The van der Waals surface area contributed by atoms with Crippen LogP contribution in [0.2, 0.25) is 0 Å². The molecule has 1 aromatic rings. The van der Waals surface area contributed by atoms with E-state index < -0.39 is 0 Å². The standard InChI is InChI=1S/C18H23BrO/c1-20-17-3-2-12(11-19)7-16(17)18-8-13-4-14(9-18)6-15(5-13)10-18/h2-3,7,13-15H,4-6,8-11H2,1H3. The molecular formula is C18H23BrO. The van der Waals surface area contributed by atoms with Crippen molar-refractivity contribution in [2.75, 3.05) is 7.11 Å². The first-order valence-electron chi connectivity index (χ1n) is 7.96. The zero-order valence-electron chi connectivity index (χ0n) is 12.2. The average Bonchev–Trinajstić information content (AvgIpc) is 2.45. The van der Waals surface area contributed by atoms with E-state index in [-0.39, 0.29) is 0 Å². The molecule has 0 amide bonds. The average molecular weight is 335 g/mol.